The number of carboxylic acids is 1. The molecule has 0 unspecified atom stereocenters. The molecule has 10 heteroatoms. The van der Waals surface area contributed by atoms with E-state index in [1.807, 2.05) is 0 Å². The molecule has 0 bridgehead atoms. The Morgan fingerprint density at radius 1 is 1.08 bits per heavy atom. The Hall–Kier alpha value is -2.20. The highest BCUT2D eigenvalue weighted by Crippen LogP contribution is 2.44. The van der Waals surface area contributed by atoms with Gasteiger partial charge >= 0.3 is 5.97 Å². The number of halogens is 2. The predicted octanol–water partition coefficient (Wildman–Crippen LogP) is 5.41. The van der Waals surface area contributed by atoms with Crippen LogP contribution >= 0.6 is 11.6 Å². The SMILES string of the molecule is CN1[C@H](C2CCCCC2)CN(C2CCOCC2)c2cc(Cl)c(-c3ccc(F)c(C(=O)O)c3)cc2S1(=O)=O. The smallest absolute Gasteiger partial charge is 0.338 e. The van der Waals surface area contributed by atoms with Crippen LogP contribution in [0.25, 0.3) is 11.1 Å². The number of benzene rings is 2. The van der Waals surface area contributed by atoms with Gasteiger partial charge in [0.05, 0.1) is 16.3 Å². The fraction of sp³-hybridized carbons (Fsp3) is 0.519. The van der Waals surface area contributed by atoms with Crippen LogP contribution in [-0.4, -0.2) is 62.7 Å². The van der Waals surface area contributed by atoms with Crippen molar-refractivity contribution in [2.24, 2.45) is 5.92 Å². The van der Waals surface area contributed by atoms with E-state index in [2.05, 4.69) is 4.90 Å². The van der Waals surface area contributed by atoms with E-state index >= 15 is 0 Å². The van der Waals surface area contributed by atoms with Gasteiger partial charge in [-0.3, -0.25) is 0 Å². The van der Waals surface area contributed by atoms with Crippen molar-refractivity contribution in [3.05, 3.63) is 46.7 Å². The van der Waals surface area contributed by atoms with Crippen LogP contribution in [0.2, 0.25) is 5.02 Å². The molecule has 0 aromatic heterocycles. The molecule has 7 nitrogen and oxygen atoms in total. The summed E-state index contributed by atoms with van der Waals surface area (Å²) in [5, 5.41) is 9.68. The average Bonchev–Trinajstić information content (AvgIpc) is 2.97. The normalized spacial score (nSPS) is 23.4. The number of nitrogens with zero attached hydrogens (tertiary/aromatic N) is 2. The molecule has 200 valence electrons. The van der Waals surface area contributed by atoms with E-state index in [-0.39, 0.29) is 27.9 Å². The van der Waals surface area contributed by atoms with Crippen LogP contribution in [0.4, 0.5) is 10.1 Å². The van der Waals surface area contributed by atoms with Crippen LogP contribution in [-0.2, 0) is 14.8 Å². The lowest BCUT2D eigenvalue weighted by atomic mass is 9.83. The van der Waals surface area contributed by atoms with E-state index in [1.165, 1.54) is 28.9 Å². The summed E-state index contributed by atoms with van der Waals surface area (Å²) in [7, 11) is -2.23. The molecule has 37 heavy (non-hydrogen) atoms. The summed E-state index contributed by atoms with van der Waals surface area (Å²) in [6, 6.07) is 6.83. The molecule has 1 saturated heterocycles. The maximum absolute atomic E-state index is 14.1. The molecule has 0 spiro atoms. The number of hydrogen-bond acceptors (Lipinski definition) is 5. The summed E-state index contributed by atoms with van der Waals surface area (Å²) in [6.45, 7) is 1.81. The molecule has 2 aromatic rings. The van der Waals surface area contributed by atoms with Gasteiger partial charge in [0.15, 0.2) is 0 Å². The summed E-state index contributed by atoms with van der Waals surface area (Å²) < 4.78 is 49.4. The van der Waals surface area contributed by atoms with Gasteiger partial charge in [0.1, 0.15) is 10.7 Å². The first-order valence-corrected chi connectivity index (χ1v) is 14.7. The highest BCUT2D eigenvalue weighted by atomic mass is 35.5. The van der Waals surface area contributed by atoms with Crippen LogP contribution in [0.3, 0.4) is 0 Å². The fourth-order valence-corrected chi connectivity index (χ4v) is 7.99. The molecule has 1 aliphatic carbocycles. The number of carboxylic acid groups (broad SMARTS) is 1. The topological polar surface area (TPSA) is 87.2 Å². The first-order valence-electron chi connectivity index (χ1n) is 12.9. The van der Waals surface area contributed by atoms with Gasteiger partial charge in [0.25, 0.3) is 0 Å². The number of likely N-dealkylation sites (N-methyl/N-ethyl adjacent to an activating group) is 1. The number of carbonyl (C=O) groups is 1. The number of aromatic carboxylic acids is 1. The van der Waals surface area contributed by atoms with Gasteiger partial charge in [0.2, 0.25) is 10.0 Å². The zero-order valence-electron chi connectivity index (χ0n) is 20.8. The summed E-state index contributed by atoms with van der Waals surface area (Å²) >= 11 is 6.74. The van der Waals surface area contributed by atoms with E-state index in [0.717, 1.165) is 44.6 Å². The number of fused-ring (bicyclic) bond motifs is 1. The largest absolute Gasteiger partial charge is 0.478 e. The first-order chi connectivity index (χ1) is 17.7. The van der Waals surface area contributed by atoms with E-state index in [1.54, 1.807) is 13.1 Å². The van der Waals surface area contributed by atoms with Crippen molar-refractivity contribution in [2.75, 3.05) is 31.7 Å². The summed E-state index contributed by atoms with van der Waals surface area (Å²) in [4.78, 5) is 13.9. The van der Waals surface area contributed by atoms with Crippen molar-refractivity contribution >= 4 is 33.3 Å². The molecule has 0 amide bonds. The number of hydrogen-bond donors (Lipinski definition) is 1. The van der Waals surface area contributed by atoms with Crippen LogP contribution in [0.15, 0.2) is 35.2 Å². The Balaban J connectivity index is 1.66. The highest BCUT2D eigenvalue weighted by molar-refractivity contribution is 7.89. The predicted molar refractivity (Wildman–Crippen MR) is 140 cm³/mol. The van der Waals surface area contributed by atoms with Crippen molar-refractivity contribution < 1.29 is 27.4 Å². The second kappa shape index (κ2) is 10.5. The second-order valence-electron chi connectivity index (χ2n) is 10.3. The summed E-state index contributed by atoms with van der Waals surface area (Å²) in [6.07, 6.45) is 6.97. The third kappa shape index (κ3) is 4.99. The van der Waals surface area contributed by atoms with Gasteiger partial charge in [-0.15, -0.1) is 0 Å². The quantitative estimate of drug-likeness (QED) is 0.547. The molecule has 1 N–H and O–H groups in total. The molecular weight excluding hydrogens is 519 g/mol. The summed E-state index contributed by atoms with van der Waals surface area (Å²) in [5.41, 5.74) is 0.758. The number of sulfonamides is 1. The van der Waals surface area contributed by atoms with Gasteiger partial charge in [-0.2, -0.15) is 4.31 Å². The first kappa shape index (κ1) is 26.4. The molecule has 2 aromatic carbocycles. The number of anilines is 1. The van der Waals surface area contributed by atoms with Crippen LogP contribution < -0.4 is 4.90 Å². The minimum atomic E-state index is -3.90. The Kier molecular flexibility index (Phi) is 7.51. The van der Waals surface area contributed by atoms with E-state index in [4.69, 9.17) is 16.3 Å². The lowest BCUT2D eigenvalue weighted by Crippen LogP contribution is -2.50. The Morgan fingerprint density at radius 3 is 2.46 bits per heavy atom. The lowest BCUT2D eigenvalue weighted by Gasteiger charge is -2.40. The van der Waals surface area contributed by atoms with Crippen molar-refractivity contribution in [1.82, 2.24) is 4.31 Å². The third-order valence-corrected chi connectivity index (χ3v) is 10.4. The van der Waals surface area contributed by atoms with Gasteiger partial charge < -0.3 is 14.7 Å². The van der Waals surface area contributed by atoms with Crippen molar-refractivity contribution in [1.29, 1.82) is 0 Å². The Bertz CT molecular complexity index is 1290. The molecule has 2 aliphatic heterocycles. The van der Waals surface area contributed by atoms with Crippen molar-refractivity contribution in [3.63, 3.8) is 0 Å². The van der Waals surface area contributed by atoms with E-state index in [9.17, 15) is 22.7 Å². The van der Waals surface area contributed by atoms with Gasteiger partial charge in [-0.25, -0.2) is 17.6 Å². The van der Waals surface area contributed by atoms with E-state index in [0.29, 0.717) is 36.6 Å². The van der Waals surface area contributed by atoms with Crippen molar-refractivity contribution in [3.8, 4) is 11.1 Å². The highest BCUT2D eigenvalue weighted by Gasteiger charge is 2.42. The average molecular weight is 551 g/mol. The molecule has 0 radical (unpaired) electrons. The molecule has 1 atom stereocenters. The minimum Gasteiger partial charge on any atom is -0.478 e. The fourth-order valence-electron chi connectivity index (χ4n) is 6.11. The number of ether oxygens (including phenoxy) is 1. The van der Waals surface area contributed by atoms with Crippen LogP contribution in [0, 0.1) is 11.7 Å². The zero-order valence-corrected chi connectivity index (χ0v) is 22.4. The monoisotopic (exact) mass is 550 g/mol. The minimum absolute atomic E-state index is 0.117. The molecule has 1 saturated carbocycles. The van der Waals surface area contributed by atoms with Crippen LogP contribution in [0.5, 0.6) is 0 Å². The number of rotatable bonds is 4. The standard InChI is InChI=1S/C27H32ClFN2O5S/c1-30-25(17-5-3-2-4-6-17)16-31(19-9-11-36-12-10-19)24-15-22(28)20(14-26(24)37(30,34)35)18-7-8-23(29)21(13-18)27(32)33/h7-8,13-15,17,19,25H,2-6,9-12,16H2,1H3,(H,32,33)/t25-/m0/s1. The molecule has 3 aliphatic rings. The molecule has 2 heterocycles. The zero-order chi connectivity index (χ0) is 26.3. The molecule has 5 rings (SSSR count). The van der Waals surface area contributed by atoms with Gasteiger partial charge in [-0.1, -0.05) is 36.9 Å². The Morgan fingerprint density at radius 2 is 1.78 bits per heavy atom. The second-order valence-corrected chi connectivity index (χ2v) is 12.7. The van der Waals surface area contributed by atoms with Crippen LogP contribution in [0.1, 0.15) is 55.3 Å². The molecule has 2 fully saturated rings. The van der Waals surface area contributed by atoms with Gasteiger partial charge in [0, 0.05) is 44.5 Å². The molecular formula is C27H32ClFN2O5S. The maximum Gasteiger partial charge on any atom is 0.338 e. The Labute approximate surface area is 222 Å². The third-order valence-electron chi connectivity index (χ3n) is 8.20. The summed E-state index contributed by atoms with van der Waals surface area (Å²) in [5.74, 6) is -2.00. The maximum atomic E-state index is 14.1. The van der Waals surface area contributed by atoms with E-state index < -0.39 is 27.4 Å². The van der Waals surface area contributed by atoms with Gasteiger partial charge in [-0.05, 0) is 61.4 Å². The van der Waals surface area contributed by atoms with Crippen molar-refractivity contribution in [2.45, 2.75) is 61.9 Å². The lowest BCUT2D eigenvalue weighted by molar-refractivity contribution is 0.0692.